The van der Waals surface area contributed by atoms with Crippen LogP contribution in [-0.4, -0.2) is 21.1 Å². The van der Waals surface area contributed by atoms with Gasteiger partial charge in [0.05, 0.1) is 17.0 Å². The van der Waals surface area contributed by atoms with Crippen LogP contribution in [0, 0.1) is 6.92 Å². The molecule has 4 rings (SSSR count). The molecule has 9 heteroatoms. The summed E-state index contributed by atoms with van der Waals surface area (Å²) in [5.41, 5.74) is 2.88. The lowest BCUT2D eigenvalue weighted by Crippen LogP contribution is -2.22. The number of benzene rings is 1. The Morgan fingerprint density at radius 2 is 2.00 bits per heavy atom. The van der Waals surface area contributed by atoms with Gasteiger partial charge in [-0.05, 0) is 30.7 Å². The van der Waals surface area contributed by atoms with E-state index in [-0.39, 0.29) is 10.9 Å². The van der Waals surface area contributed by atoms with E-state index in [4.69, 9.17) is 16.0 Å². The zero-order valence-corrected chi connectivity index (χ0v) is 17.6. The number of amides is 1. The number of nitrogens with zero attached hydrogens (tertiary/aromatic N) is 3. The number of hydrogen-bond acceptors (Lipinski definition) is 7. The summed E-state index contributed by atoms with van der Waals surface area (Å²) in [7, 11) is 0. The minimum atomic E-state index is -0.285. The maximum Gasteiger partial charge on any atom is 0.282 e. The Hall–Kier alpha value is -2.81. The Bertz CT molecular complexity index is 1150. The van der Waals surface area contributed by atoms with Gasteiger partial charge in [0.25, 0.3) is 5.91 Å². The number of nitrogens with one attached hydrogen (secondary N) is 1. The minimum Gasteiger partial charge on any atom is -0.462 e. The third kappa shape index (κ3) is 4.79. The van der Waals surface area contributed by atoms with Gasteiger partial charge >= 0.3 is 0 Å². The van der Waals surface area contributed by atoms with Gasteiger partial charge in [0, 0.05) is 11.9 Å². The van der Waals surface area contributed by atoms with Crippen LogP contribution in [0.15, 0.2) is 52.5 Å². The molecule has 1 amide bonds. The summed E-state index contributed by atoms with van der Waals surface area (Å²) in [6.07, 6.45) is 3.30. The van der Waals surface area contributed by atoms with Crippen LogP contribution in [0.25, 0.3) is 21.9 Å². The van der Waals surface area contributed by atoms with E-state index >= 15 is 0 Å². The number of aromatic nitrogens is 3. The van der Waals surface area contributed by atoms with E-state index in [0.29, 0.717) is 28.0 Å². The van der Waals surface area contributed by atoms with Crippen molar-refractivity contribution in [3.8, 4) is 10.8 Å². The van der Waals surface area contributed by atoms with Crippen molar-refractivity contribution in [1.82, 2.24) is 20.5 Å². The van der Waals surface area contributed by atoms with Crippen LogP contribution in [0.2, 0.25) is 0 Å². The maximum absolute atomic E-state index is 12.3. The fourth-order valence-corrected chi connectivity index (χ4v) is 4.11. The van der Waals surface area contributed by atoms with Crippen LogP contribution in [0.3, 0.4) is 0 Å². The first-order valence-electron chi connectivity index (χ1n) is 8.63. The van der Waals surface area contributed by atoms with Gasteiger partial charge in [0.15, 0.2) is 15.8 Å². The normalized spacial score (nSPS) is 11.6. The standard InChI is InChI=1S/C20H15ClN4O2S2/c1-12-4-6-13(7-5-12)10-22-17(26)20-25-24-18(29-20)15(21)9-14-11-28-19(23-14)16-3-2-8-27-16/h2-9,11H,10H2,1H3,(H,22,26)/b15-9-. The molecule has 0 radical (unpaired) electrons. The van der Waals surface area contributed by atoms with E-state index < -0.39 is 0 Å². The molecule has 0 fully saturated rings. The van der Waals surface area contributed by atoms with Crippen molar-refractivity contribution in [2.45, 2.75) is 13.5 Å². The fraction of sp³-hybridized carbons (Fsp3) is 0.100. The number of halogens is 1. The molecule has 0 saturated carbocycles. The summed E-state index contributed by atoms with van der Waals surface area (Å²) >= 11 is 8.95. The molecule has 0 saturated heterocycles. The molecular formula is C20H15ClN4O2S2. The number of hydrogen-bond donors (Lipinski definition) is 1. The number of carbonyl (C=O) groups is 1. The molecule has 4 aromatic rings. The molecule has 0 atom stereocenters. The zero-order chi connectivity index (χ0) is 20.2. The summed E-state index contributed by atoms with van der Waals surface area (Å²) in [6.45, 7) is 2.44. The van der Waals surface area contributed by atoms with Gasteiger partial charge in [-0.15, -0.1) is 21.5 Å². The summed E-state index contributed by atoms with van der Waals surface area (Å²) in [6, 6.07) is 11.6. The van der Waals surface area contributed by atoms with Crippen LogP contribution in [-0.2, 0) is 6.54 Å². The predicted molar refractivity (Wildman–Crippen MR) is 116 cm³/mol. The van der Waals surface area contributed by atoms with Gasteiger partial charge in [-0.25, -0.2) is 4.98 Å². The maximum atomic E-state index is 12.3. The number of furan rings is 1. The van der Waals surface area contributed by atoms with E-state index in [1.54, 1.807) is 12.3 Å². The van der Waals surface area contributed by atoms with E-state index in [0.717, 1.165) is 21.9 Å². The lowest BCUT2D eigenvalue weighted by molar-refractivity contribution is 0.0950. The number of thiazole rings is 1. The molecular weight excluding hydrogens is 428 g/mol. The molecule has 6 nitrogen and oxygen atoms in total. The predicted octanol–water partition coefficient (Wildman–Crippen LogP) is 5.23. The molecule has 1 aromatic carbocycles. The second-order valence-electron chi connectivity index (χ2n) is 6.13. The third-order valence-corrected chi connectivity index (χ3v) is 6.16. The van der Waals surface area contributed by atoms with Crippen molar-refractivity contribution in [3.05, 3.63) is 74.9 Å². The molecule has 29 heavy (non-hydrogen) atoms. The average Bonchev–Trinajstić information content (AvgIpc) is 3.47. The Morgan fingerprint density at radius 1 is 1.21 bits per heavy atom. The van der Waals surface area contributed by atoms with Crippen molar-refractivity contribution in [2.24, 2.45) is 0 Å². The first-order valence-corrected chi connectivity index (χ1v) is 10.7. The van der Waals surface area contributed by atoms with Crippen LogP contribution < -0.4 is 5.32 Å². The van der Waals surface area contributed by atoms with Gasteiger partial charge in [-0.3, -0.25) is 4.79 Å². The summed E-state index contributed by atoms with van der Waals surface area (Å²) < 4.78 is 5.34. The first-order chi connectivity index (χ1) is 14.1. The van der Waals surface area contributed by atoms with E-state index in [1.165, 1.54) is 16.9 Å². The summed E-state index contributed by atoms with van der Waals surface area (Å²) in [5.74, 6) is 0.418. The van der Waals surface area contributed by atoms with Gasteiger partial charge in [0.2, 0.25) is 5.01 Å². The molecule has 0 spiro atoms. The highest BCUT2D eigenvalue weighted by atomic mass is 35.5. The lowest BCUT2D eigenvalue weighted by atomic mass is 10.1. The van der Waals surface area contributed by atoms with Crippen LogP contribution in [0.5, 0.6) is 0 Å². The van der Waals surface area contributed by atoms with Crippen molar-refractivity contribution < 1.29 is 9.21 Å². The van der Waals surface area contributed by atoms with E-state index in [9.17, 15) is 4.79 Å². The molecule has 0 unspecified atom stereocenters. The van der Waals surface area contributed by atoms with Gasteiger partial charge in [0.1, 0.15) is 0 Å². The first kappa shape index (κ1) is 19.5. The van der Waals surface area contributed by atoms with Crippen LogP contribution in [0.1, 0.15) is 31.6 Å². The molecule has 1 N–H and O–H groups in total. The Balaban J connectivity index is 1.41. The third-order valence-electron chi connectivity index (χ3n) is 3.93. The highest BCUT2D eigenvalue weighted by Gasteiger charge is 2.15. The zero-order valence-electron chi connectivity index (χ0n) is 15.3. The van der Waals surface area contributed by atoms with Crippen molar-refractivity contribution in [3.63, 3.8) is 0 Å². The minimum absolute atomic E-state index is 0.258. The van der Waals surface area contributed by atoms with Crippen molar-refractivity contribution in [2.75, 3.05) is 0 Å². The summed E-state index contributed by atoms with van der Waals surface area (Å²) in [4.78, 5) is 16.8. The Labute approximate surface area is 179 Å². The molecule has 146 valence electrons. The van der Waals surface area contributed by atoms with Crippen LogP contribution >= 0.6 is 34.3 Å². The highest BCUT2D eigenvalue weighted by molar-refractivity contribution is 7.15. The summed E-state index contributed by atoms with van der Waals surface area (Å²) in [5, 5.41) is 14.5. The fourth-order valence-electron chi connectivity index (χ4n) is 2.43. The Morgan fingerprint density at radius 3 is 2.76 bits per heavy atom. The van der Waals surface area contributed by atoms with E-state index in [1.807, 2.05) is 48.7 Å². The number of carbonyl (C=O) groups excluding carboxylic acids is 1. The van der Waals surface area contributed by atoms with Gasteiger partial charge in [-0.2, -0.15) is 0 Å². The average molecular weight is 443 g/mol. The van der Waals surface area contributed by atoms with Crippen molar-refractivity contribution in [1.29, 1.82) is 0 Å². The molecule has 3 heterocycles. The molecule has 3 aromatic heterocycles. The van der Waals surface area contributed by atoms with Crippen molar-refractivity contribution >= 4 is 51.3 Å². The molecule has 0 aliphatic carbocycles. The largest absolute Gasteiger partial charge is 0.462 e. The molecule has 0 bridgehead atoms. The SMILES string of the molecule is Cc1ccc(CNC(=O)c2nnc(/C(Cl)=C/c3csc(-c4ccco4)n3)s2)cc1. The second kappa shape index (κ2) is 8.69. The quantitative estimate of drug-likeness (QED) is 0.442. The molecule has 0 aliphatic rings. The molecule has 0 aliphatic heterocycles. The number of aryl methyl sites for hydroxylation is 1. The smallest absolute Gasteiger partial charge is 0.282 e. The monoisotopic (exact) mass is 442 g/mol. The highest BCUT2D eigenvalue weighted by Crippen LogP contribution is 2.28. The lowest BCUT2D eigenvalue weighted by Gasteiger charge is -2.03. The van der Waals surface area contributed by atoms with E-state index in [2.05, 4.69) is 20.5 Å². The van der Waals surface area contributed by atoms with Gasteiger partial charge < -0.3 is 9.73 Å². The Kier molecular flexibility index (Phi) is 5.84. The topological polar surface area (TPSA) is 80.9 Å². The van der Waals surface area contributed by atoms with Gasteiger partial charge in [-0.1, -0.05) is 52.8 Å². The van der Waals surface area contributed by atoms with Crippen LogP contribution in [0.4, 0.5) is 0 Å². The number of rotatable bonds is 6. The second-order valence-corrected chi connectivity index (χ2v) is 8.37.